The molecule has 0 bridgehead atoms. The number of nitrogens with zero attached hydrogens (tertiary/aromatic N) is 2. The molecule has 2 aliphatic heterocycles. The van der Waals surface area contributed by atoms with Gasteiger partial charge in [0.05, 0.1) is 30.0 Å². The van der Waals surface area contributed by atoms with E-state index in [0.29, 0.717) is 25.8 Å². The topological polar surface area (TPSA) is 74.8 Å². The maximum atomic E-state index is 12.5. The van der Waals surface area contributed by atoms with Crippen molar-refractivity contribution in [1.29, 1.82) is 0 Å². The van der Waals surface area contributed by atoms with Gasteiger partial charge in [-0.2, -0.15) is 0 Å². The molecular weight excluding hydrogens is 304 g/mol. The van der Waals surface area contributed by atoms with E-state index in [2.05, 4.69) is 0 Å². The molecule has 3 aliphatic rings. The quantitative estimate of drug-likeness (QED) is 0.552. The Bertz CT molecular complexity index is 587. The molecule has 3 atom stereocenters. The van der Waals surface area contributed by atoms with Crippen LogP contribution in [0.2, 0.25) is 0 Å². The minimum Gasteiger partial charge on any atom is -0.282 e. The summed E-state index contributed by atoms with van der Waals surface area (Å²) in [7, 11) is -2.97. The van der Waals surface area contributed by atoms with E-state index < -0.39 is 9.84 Å². The molecule has 7 heteroatoms. The number of hydrogen-bond acceptors (Lipinski definition) is 5. The van der Waals surface area contributed by atoms with Crippen LogP contribution in [0.15, 0.2) is 12.2 Å². The van der Waals surface area contributed by atoms with Crippen LogP contribution in [0.5, 0.6) is 0 Å². The molecular formula is C15H22N2O4S. The van der Waals surface area contributed by atoms with Gasteiger partial charge in [-0.1, -0.05) is 19.1 Å². The molecule has 3 rings (SSSR count). The summed E-state index contributed by atoms with van der Waals surface area (Å²) in [6.07, 6.45) is 5.79. The molecule has 0 N–H and O–H groups in total. The average Bonchev–Trinajstić information content (AvgIpc) is 2.97. The summed E-state index contributed by atoms with van der Waals surface area (Å²) in [5, 5.41) is 0. The van der Waals surface area contributed by atoms with Crippen LogP contribution in [0.1, 0.15) is 26.2 Å². The number of carbonyl (C=O) groups is 2. The molecule has 0 aromatic carbocycles. The molecule has 2 saturated heterocycles. The Morgan fingerprint density at radius 2 is 1.77 bits per heavy atom. The largest absolute Gasteiger partial charge is 0.282 e. The number of hydrogen-bond donors (Lipinski definition) is 0. The van der Waals surface area contributed by atoms with Crippen molar-refractivity contribution in [2.45, 2.75) is 32.2 Å². The van der Waals surface area contributed by atoms with Crippen molar-refractivity contribution in [3.05, 3.63) is 12.2 Å². The first-order chi connectivity index (χ1) is 10.4. The van der Waals surface area contributed by atoms with Gasteiger partial charge >= 0.3 is 0 Å². The van der Waals surface area contributed by atoms with E-state index >= 15 is 0 Å². The lowest BCUT2D eigenvalue weighted by Crippen LogP contribution is -2.46. The fourth-order valence-electron chi connectivity index (χ4n) is 3.73. The summed E-state index contributed by atoms with van der Waals surface area (Å²) in [5.41, 5.74) is 0. The minimum absolute atomic E-state index is 0.0867. The predicted octanol–water partition coefficient (Wildman–Crippen LogP) is 0.404. The lowest BCUT2D eigenvalue weighted by Gasteiger charge is -2.30. The van der Waals surface area contributed by atoms with Crippen molar-refractivity contribution in [1.82, 2.24) is 9.80 Å². The highest BCUT2D eigenvalue weighted by atomic mass is 32.2. The Labute approximate surface area is 131 Å². The third kappa shape index (κ3) is 2.72. The van der Waals surface area contributed by atoms with E-state index in [1.54, 1.807) is 0 Å². The molecule has 122 valence electrons. The number of amides is 2. The van der Waals surface area contributed by atoms with Gasteiger partial charge in [-0.05, 0) is 25.8 Å². The first kappa shape index (κ1) is 15.7. The van der Waals surface area contributed by atoms with Crippen LogP contribution in [-0.4, -0.2) is 60.8 Å². The van der Waals surface area contributed by atoms with Crippen LogP contribution in [0, 0.1) is 11.8 Å². The van der Waals surface area contributed by atoms with Gasteiger partial charge in [-0.15, -0.1) is 0 Å². The van der Waals surface area contributed by atoms with E-state index in [1.807, 2.05) is 24.0 Å². The Balaban J connectivity index is 1.72. The molecule has 0 aromatic rings. The summed E-state index contributed by atoms with van der Waals surface area (Å²) < 4.78 is 23.3. The van der Waals surface area contributed by atoms with Crippen molar-refractivity contribution in [2.24, 2.45) is 11.8 Å². The number of imide groups is 1. The van der Waals surface area contributed by atoms with Crippen molar-refractivity contribution in [3.63, 3.8) is 0 Å². The molecule has 0 radical (unpaired) electrons. The number of allylic oxidation sites excluding steroid dienone is 2. The lowest BCUT2D eigenvalue weighted by atomic mass is 9.85. The zero-order chi connectivity index (χ0) is 15.9. The minimum atomic E-state index is -2.97. The molecule has 0 saturated carbocycles. The van der Waals surface area contributed by atoms with Crippen molar-refractivity contribution < 1.29 is 18.0 Å². The van der Waals surface area contributed by atoms with E-state index in [4.69, 9.17) is 0 Å². The molecule has 6 nitrogen and oxygen atoms in total. The summed E-state index contributed by atoms with van der Waals surface area (Å²) in [6.45, 7) is 2.79. The van der Waals surface area contributed by atoms with Gasteiger partial charge in [0.2, 0.25) is 11.8 Å². The van der Waals surface area contributed by atoms with Crippen molar-refractivity contribution in [2.75, 3.05) is 24.7 Å². The third-order valence-electron chi connectivity index (χ3n) is 5.05. The number of rotatable bonds is 4. The fourth-order valence-corrected chi connectivity index (χ4v) is 5.49. The monoisotopic (exact) mass is 326 g/mol. The van der Waals surface area contributed by atoms with E-state index in [-0.39, 0.29) is 47.9 Å². The average molecular weight is 326 g/mol. The van der Waals surface area contributed by atoms with Crippen LogP contribution in [0.4, 0.5) is 0 Å². The normalized spacial score (nSPS) is 33.7. The summed E-state index contributed by atoms with van der Waals surface area (Å²) in [5.74, 6) is -0.305. The molecule has 1 aliphatic carbocycles. The Hall–Kier alpha value is -1.21. The third-order valence-corrected chi connectivity index (χ3v) is 6.80. The van der Waals surface area contributed by atoms with Crippen LogP contribution >= 0.6 is 0 Å². The Morgan fingerprint density at radius 1 is 1.18 bits per heavy atom. The maximum Gasteiger partial charge on any atom is 0.234 e. The number of carbonyl (C=O) groups excluding carboxylic acids is 2. The van der Waals surface area contributed by atoms with Gasteiger partial charge in [-0.25, -0.2) is 8.42 Å². The zero-order valence-corrected chi connectivity index (χ0v) is 13.6. The van der Waals surface area contributed by atoms with Gasteiger partial charge in [0.15, 0.2) is 9.84 Å². The summed E-state index contributed by atoms with van der Waals surface area (Å²) in [6, 6.07) is -0.0867. The first-order valence-corrected chi connectivity index (χ1v) is 9.70. The molecule has 2 heterocycles. The fraction of sp³-hybridized carbons (Fsp3) is 0.733. The highest BCUT2D eigenvalue weighted by Crippen LogP contribution is 2.35. The zero-order valence-electron chi connectivity index (χ0n) is 12.8. The summed E-state index contributed by atoms with van der Waals surface area (Å²) >= 11 is 0. The van der Waals surface area contributed by atoms with Gasteiger partial charge in [0, 0.05) is 6.04 Å². The van der Waals surface area contributed by atoms with E-state index in [0.717, 1.165) is 0 Å². The van der Waals surface area contributed by atoms with Crippen molar-refractivity contribution in [3.8, 4) is 0 Å². The lowest BCUT2D eigenvalue weighted by molar-refractivity contribution is -0.142. The van der Waals surface area contributed by atoms with E-state index in [9.17, 15) is 18.0 Å². The standard InChI is InChI=1S/C15H22N2O4S/c1-2-16(11-7-8-22(20,21)9-11)10-17-14(18)12-5-3-4-6-13(12)15(17)19/h3-4,11-13H,2,5-10H2,1H3/t11-,12+,13+/m0/s1. The SMILES string of the molecule is CCN(CN1C(=O)[C@@H]2CC=CC[C@H]2C1=O)[C@H]1CCS(=O)(=O)C1. The van der Waals surface area contributed by atoms with Crippen molar-refractivity contribution >= 4 is 21.7 Å². The van der Waals surface area contributed by atoms with Gasteiger partial charge in [-0.3, -0.25) is 19.4 Å². The van der Waals surface area contributed by atoms with Crippen LogP contribution in [0.25, 0.3) is 0 Å². The summed E-state index contributed by atoms with van der Waals surface area (Å²) in [4.78, 5) is 28.2. The first-order valence-electron chi connectivity index (χ1n) is 7.87. The van der Waals surface area contributed by atoms with Crippen LogP contribution in [0.3, 0.4) is 0 Å². The van der Waals surface area contributed by atoms with E-state index in [1.165, 1.54) is 4.90 Å². The second kappa shape index (κ2) is 5.77. The van der Waals surface area contributed by atoms with Gasteiger partial charge in [0.25, 0.3) is 0 Å². The molecule has 2 amide bonds. The molecule has 2 fully saturated rings. The number of sulfone groups is 1. The molecule has 0 aromatic heterocycles. The number of likely N-dealkylation sites (tertiary alicyclic amines) is 1. The second-order valence-corrected chi connectivity index (χ2v) is 8.59. The molecule has 22 heavy (non-hydrogen) atoms. The highest BCUT2D eigenvalue weighted by Gasteiger charge is 2.48. The second-order valence-electron chi connectivity index (χ2n) is 6.36. The smallest absolute Gasteiger partial charge is 0.234 e. The predicted molar refractivity (Wildman–Crippen MR) is 81.5 cm³/mol. The Morgan fingerprint density at radius 3 is 2.23 bits per heavy atom. The number of fused-ring (bicyclic) bond motifs is 1. The molecule has 0 spiro atoms. The van der Waals surface area contributed by atoms with Crippen LogP contribution < -0.4 is 0 Å². The van der Waals surface area contributed by atoms with Gasteiger partial charge in [0.1, 0.15) is 0 Å². The van der Waals surface area contributed by atoms with Crippen LogP contribution in [-0.2, 0) is 19.4 Å². The van der Waals surface area contributed by atoms with Gasteiger partial charge < -0.3 is 0 Å². The maximum absolute atomic E-state index is 12.5. The molecule has 0 unspecified atom stereocenters. The Kier molecular flexibility index (Phi) is 4.11. The highest BCUT2D eigenvalue weighted by molar-refractivity contribution is 7.91.